The van der Waals surface area contributed by atoms with Crippen molar-refractivity contribution in [3.05, 3.63) is 0 Å². The molecule has 0 heterocycles. The number of carbonyl (C=O) groups excluding carboxylic acids is 3. The molecule has 0 aromatic heterocycles. The Morgan fingerprint density at radius 3 is 1.39 bits per heavy atom. The molecule has 0 aromatic rings. The number of esters is 2. The Kier molecular flexibility index (Phi) is 10.0. The fraction of sp³-hybridized carbons (Fsp3) is 0.870. The predicted octanol–water partition coefficient (Wildman–Crippen LogP) is 4.85. The van der Waals surface area contributed by atoms with Gasteiger partial charge in [-0.3, -0.25) is 14.4 Å². The van der Waals surface area contributed by atoms with Gasteiger partial charge < -0.3 is 9.47 Å². The summed E-state index contributed by atoms with van der Waals surface area (Å²) < 4.78 is 10.3. The van der Waals surface area contributed by atoms with Gasteiger partial charge in [-0.05, 0) is 24.7 Å². The Hall–Kier alpha value is -1.39. The van der Waals surface area contributed by atoms with Crippen LogP contribution in [0.5, 0.6) is 0 Å². The lowest BCUT2D eigenvalue weighted by Gasteiger charge is -2.24. The zero-order valence-electron chi connectivity index (χ0n) is 17.8. The molecule has 2 saturated carbocycles. The molecule has 2 atom stereocenters. The molecule has 0 aromatic carbocycles. The standard InChI is InChI=1S/C23H38O5/c1-17(13-19-9-5-3-6-10-19)22(25)27-15-21(24)16-28-23(26)18(2)14-20-11-7-4-8-12-20/h17-20H,3-16H2,1-2H3. The SMILES string of the molecule is CC(CC1CCCCC1)C(=O)OCC(=O)COC(=O)C(C)CC1CCCCC1. The van der Waals surface area contributed by atoms with Crippen LogP contribution in [-0.2, 0) is 23.9 Å². The molecule has 160 valence electrons. The maximum absolute atomic E-state index is 12.1. The molecule has 2 aliphatic rings. The van der Waals surface area contributed by atoms with E-state index in [4.69, 9.17) is 9.47 Å². The smallest absolute Gasteiger partial charge is 0.309 e. The summed E-state index contributed by atoms with van der Waals surface area (Å²) in [7, 11) is 0. The van der Waals surface area contributed by atoms with Crippen molar-refractivity contribution in [1.82, 2.24) is 0 Å². The maximum Gasteiger partial charge on any atom is 0.309 e. The number of carbonyl (C=O) groups is 3. The maximum atomic E-state index is 12.1. The minimum Gasteiger partial charge on any atom is -0.457 e. The fourth-order valence-corrected chi connectivity index (χ4v) is 4.67. The first-order valence-corrected chi connectivity index (χ1v) is 11.3. The van der Waals surface area contributed by atoms with Crippen molar-refractivity contribution in [3.63, 3.8) is 0 Å². The quantitative estimate of drug-likeness (QED) is 0.495. The second kappa shape index (κ2) is 12.2. The van der Waals surface area contributed by atoms with Gasteiger partial charge >= 0.3 is 11.9 Å². The average molecular weight is 395 g/mol. The molecule has 5 heteroatoms. The van der Waals surface area contributed by atoms with Gasteiger partial charge in [-0.2, -0.15) is 0 Å². The van der Waals surface area contributed by atoms with Crippen molar-refractivity contribution in [1.29, 1.82) is 0 Å². The van der Waals surface area contributed by atoms with Gasteiger partial charge in [0.15, 0.2) is 13.2 Å². The summed E-state index contributed by atoms with van der Waals surface area (Å²) in [5.41, 5.74) is 0. The molecular formula is C23H38O5. The fourth-order valence-electron chi connectivity index (χ4n) is 4.67. The molecule has 2 rings (SSSR count). The second-order valence-electron chi connectivity index (χ2n) is 9.04. The summed E-state index contributed by atoms with van der Waals surface area (Å²) in [6.07, 6.45) is 14.0. The van der Waals surface area contributed by atoms with Gasteiger partial charge in [0.25, 0.3) is 0 Å². The highest BCUT2D eigenvalue weighted by Gasteiger charge is 2.24. The minimum absolute atomic E-state index is 0.186. The zero-order chi connectivity index (χ0) is 20.4. The molecule has 0 bridgehead atoms. The topological polar surface area (TPSA) is 69.7 Å². The van der Waals surface area contributed by atoms with Gasteiger partial charge in [-0.1, -0.05) is 78.1 Å². The van der Waals surface area contributed by atoms with Crippen molar-refractivity contribution >= 4 is 17.7 Å². The van der Waals surface area contributed by atoms with Crippen LogP contribution in [-0.4, -0.2) is 30.9 Å². The number of ether oxygens (including phenoxy) is 2. The van der Waals surface area contributed by atoms with E-state index >= 15 is 0 Å². The lowest BCUT2D eigenvalue weighted by molar-refractivity contribution is -0.157. The normalized spacial score (nSPS) is 20.9. The first-order chi connectivity index (χ1) is 13.5. The Bertz CT molecular complexity index is 459. The summed E-state index contributed by atoms with van der Waals surface area (Å²) >= 11 is 0. The summed E-state index contributed by atoms with van der Waals surface area (Å²) in [5, 5.41) is 0. The van der Waals surface area contributed by atoms with Crippen LogP contribution in [0.1, 0.15) is 90.9 Å². The Morgan fingerprint density at radius 2 is 1.04 bits per heavy atom. The first-order valence-electron chi connectivity index (χ1n) is 11.3. The van der Waals surface area contributed by atoms with Crippen LogP contribution in [0.2, 0.25) is 0 Å². The van der Waals surface area contributed by atoms with Crippen molar-refractivity contribution < 1.29 is 23.9 Å². The van der Waals surface area contributed by atoms with Crippen molar-refractivity contribution in [2.75, 3.05) is 13.2 Å². The monoisotopic (exact) mass is 394 g/mol. The third kappa shape index (κ3) is 8.32. The summed E-state index contributed by atoms with van der Waals surface area (Å²) in [4.78, 5) is 36.1. The van der Waals surface area contributed by atoms with Crippen molar-refractivity contribution in [2.45, 2.75) is 90.9 Å². The second-order valence-corrected chi connectivity index (χ2v) is 9.04. The lowest BCUT2D eigenvalue weighted by atomic mass is 9.83. The summed E-state index contributed by atoms with van der Waals surface area (Å²) in [5.74, 6) is -0.191. The average Bonchev–Trinajstić information content (AvgIpc) is 2.71. The Labute approximate surface area is 169 Å². The van der Waals surface area contributed by atoms with Crippen LogP contribution >= 0.6 is 0 Å². The first kappa shape index (κ1) is 22.9. The molecule has 28 heavy (non-hydrogen) atoms. The Morgan fingerprint density at radius 1 is 0.679 bits per heavy atom. The van der Waals surface area contributed by atoms with E-state index < -0.39 is 0 Å². The zero-order valence-corrected chi connectivity index (χ0v) is 17.8. The Balaban J connectivity index is 1.59. The van der Waals surface area contributed by atoms with Gasteiger partial charge in [-0.15, -0.1) is 0 Å². The molecule has 5 nitrogen and oxygen atoms in total. The largest absolute Gasteiger partial charge is 0.457 e. The number of rotatable bonds is 10. The van der Waals surface area contributed by atoms with E-state index in [9.17, 15) is 14.4 Å². The highest BCUT2D eigenvalue weighted by atomic mass is 16.6. The number of ketones is 1. The molecule has 2 unspecified atom stereocenters. The van der Waals surface area contributed by atoms with Gasteiger partial charge in [0, 0.05) is 0 Å². The molecular weight excluding hydrogens is 356 g/mol. The lowest BCUT2D eigenvalue weighted by Crippen LogP contribution is -2.26. The van der Waals surface area contributed by atoms with Crippen LogP contribution in [0.3, 0.4) is 0 Å². The number of hydrogen-bond acceptors (Lipinski definition) is 5. The van der Waals surface area contributed by atoms with Crippen LogP contribution < -0.4 is 0 Å². The van der Waals surface area contributed by atoms with E-state index in [0.29, 0.717) is 11.8 Å². The third-order valence-corrected chi connectivity index (χ3v) is 6.38. The van der Waals surface area contributed by atoms with E-state index in [1.54, 1.807) is 0 Å². The molecule has 2 fully saturated rings. The van der Waals surface area contributed by atoms with Gasteiger partial charge in [-0.25, -0.2) is 0 Å². The van der Waals surface area contributed by atoms with E-state index in [-0.39, 0.29) is 42.8 Å². The molecule has 0 radical (unpaired) electrons. The molecule has 0 saturated heterocycles. The van der Waals surface area contributed by atoms with Crippen LogP contribution in [0, 0.1) is 23.7 Å². The van der Waals surface area contributed by atoms with E-state index in [1.807, 2.05) is 13.8 Å². The van der Waals surface area contributed by atoms with Crippen molar-refractivity contribution in [3.8, 4) is 0 Å². The van der Waals surface area contributed by atoms with Gasteiger partial charge in [0.2, 0.25) is 5.78 Å². The van der Waals surface area contributed by atoms with Gasteiger partial charge in [0.05, 0.1) is 11.8 Å². The van der Waals surface area contributed by atoms with Gasteiger partial charge in [0.1, 0.15) is 0 Å². The molecule has 2 aliphatic carbocycles. The third-order valence-electron chi connectivity index (χ3n) is 6.38. The van der Waals surface area contributed by atoms with Crippen LogP contribution in [0.25, 0.3) is 0 Å². The van der Waals surface area contributed by atoms with Crippen LogP contribution in [0.4, 0.5) is 0 Å². The van der Waals surface area contributed by atoms with E-state index in [0.717, 1.165) is 12.8 Å². The summed E-state index contributed by atoms with van der Waals surface area (Å²) in [6.45, 7) is 3.12. The number of Topliss-reactive ketones (excluding diaryl/α,β-unsaturated/α-hetero) is 1. The summed E-state index contributed by atoms with van der Waals surface area (Å²) in [6, 6.07) is 0. The molecule has 0 N–H and O–H groups in total. The highest BCUT2D eigenvalue weighted by Crippen LogP contribution is 2.30. The highest BCUT2D eigenvalue weighted by molar-refractivity contribution is 5.85. The van der Waals surface area contributed by atoms with Crippen molar-refractivity contribution in [2.24, 2.45) is 23.7 Å². The molecule has 0 spiro atoms. The van der Waals surface area contributed by atoms with Crippen LogP contribution in [0.15, 0.2) is 0 Å². The van der Waals surface area contributed by atoms with E-state index in [1.165, 1.54) is 64.2 Å². The van der Waals surface area contributed by atoms with E-state index in [2.05, 4.69) is 0 Å². The molecule has 0 amide bonds. The minimum atomic E-state index is -0.364. The number of hydrogen-bond donors (Lipinski definition) is 0. The predicted molar refractivity (Wildman–Crippen MR) is 108 cm³/mol. The molecule has 0 aliphatic heterocycles.